The van der Waals surface area contributed by atoms with Crippen molar-refractivity contribution in [3.8, 4) is 0 Å². The second-order valence-corrected chi connectivity index (χ2v) is 7.70. The molecule has 9 nitrogen and oxygen atoms in total. The monoisotopic (exact) mass is 433 g/mol. The summed E-state index contributed by atoms with van der Waals surface area (Å²) in [6.45, 7) is 2.59. The summed E-state index contributed by atoms with van der Waals surface area (Å²) >= 11 is 0. The van der Waals surface area contributed by atoms with Crippen molar-refractivity contribution in [2.75, 3.05) is 19.6 Å². The maximum absolute atomic E-state index is 12.8. The number of carbonyl (C=O) groups is 4. The van der Waals surface area contributed by atoms with Crippen LogP contribution in [0.25, 0.3) is 0 Å². The van der Waals surface area contributed by atoms with Crippen LogP contribution < -0.4 is 10.6 Å². The summed E-state index contributed by atoms with van der Waals surface area (Å²) in [5.41, 5.74) is 0.900. The van der Waals surface area contributed by atoms with E-state index in [9.17, 15) is 24.3 Å². The first-order valence-corrected chi connectivity index (χ1v) is 10.6. The smallest absolute Gasteiger partial charge is 0.407 e. The molecule has 1 aliphatic heterocycles. The number of hydrogen-bond acceptors (Lipinski definition) is 5. The number of likely N-dealkylation sites (tertiary alicyclic amines) is 1. The highest BCUT2D eigenvalue weighted by molar-refractivity contribution is 5.87. The van der Waals surface area contributed by atoms with Gasteiger partial charge in [-0.2, -0.15) is 0 Å². The van der Waals surface area contributed by atoms with E-state index in [-0.39, 0.29) is 25.0 Å². The van der Waals surface area contributed by atoms with E-state index in [1.54, 1.807) is 0 Å². The first kappa shape index (κ1) is 24.2. The minimum absolute atomic E-state index is 0.166. The molecule has 1 fully saturated rings. The minimum atomic E-state index is -0.904. The summed E-state index contributed by atoms with van der Waals surface area (Å²) in [7, 11) is 0. The molecule has 170 valence electrons. The van der Waals surface area contributed by atoms with E-state index in [0.29, 0.717) is 45.2 Å². The van der Waals surface area contributed by atoms with E-state index in [1.165, 1.54) is 11.8 Å². The van der Waals surface area contributed by atoms with Gasteiger partial charge in [0.15, 0.2) is 0 Å². The van der Waals surface area contributed by atoms with Crippen LogP contribution in [-0.4, -0.2) is 59.6 Å². The summed E-state index contributed by atoms with van der Waals surface area (Å²) in [6.07, 6.45) is 2.30. The van der Waals surface area contributed by atoms with Crippen molar-refractivity contribution < 1.29 is 29.0 Å². The predicted molar refractivity (Wildman–Crippen MR) is 113 cm³/mol. The quantitative estimate of drug-likeness (QED) is 0.484. The van der Waals surface area contributed by atoms with E-state index < -0.39 is 24.0 Å². The van der Waals surface area contributed by atoms with Gasteiger partial charge in [0.2, 0.25) is 11.8 Å². The third kappa shape index (κ3) is 8.65. The molecule has 1 unspecified atom stereocenters. The van der Waals surface area contributed by atoms with Crippen molar-refractivity contribution in [2.45, 2.75) is 51.7 Å². The van der Waals surface area contributed by atoms with Crippen molar-refractivity contribution in [3.63, 3.8) is 0 Å². The van der Waals surface area contributed by atoms with Crippen molar-refractivity contribution in [3.05, 3.63) is 35.9 Å². The van der Waals surface area contributed by atoms with Gasteiger partial charge in [-0.3, -0.25) is 14.4 Å². The first-order chi connectivity index (χ1) is 14.9. The van der Waals surface area contributed by atoms with Crippen LogP contribution in [0.15, 0.2) is 30.3 Å². The second-order valence-electron chi connectivity index (χ2n) is 7.70. The van der Waals surface area contributed by atoms with Gasteiger partial charge in [-0.25, -0.2) is 4.79 Å². The number of carboxylic acids is 1. The fourth-order valence-electron chi connectivity index (χ4n) is 3.54. The van der Waals surface area contributed by atoms with Crippen molar-refractivity contribution in [2.24, 2.45) is 5.92 Å². The molecule has 1 aromatic carbocycles. The van der Waals surface area contributed by atoms with Crippen LogP contribution in [0.1, 0.15) is 44.6 Å². The van der Waals surface area contributed by atoms with E-state index >= 15 is 0 Å². The fraction of sp³-hybridized carbons (Fsp3) is 0.545. The summed E-state index contributed by atoms with van der Waals surface area (Å²) in [4.78, 5) is 48.9. The van der Waals surface area contributed by atoms with Gasteiger partial charge in [-0.15, -0.1) is 0 Å². The Morgan fingerprint density at radius 2 is 1.94 bits per heavy atom. The van der Waals surface area contributed by atoms with Crippen LogP contribution in [0.5, 0.6) is 0 Å². The van der Waals surface area contributed by atoms with Gasteiger partial charge in [-0.1, -0.05) is 30.3 Å². The SMILES string of the molecule is CC(=O)N[C@H](CCCCNC(=O)OCc1ccccc1)C(=O)N1CCCC(C(=O)O)C1. The Bertz CT molecular complexity index is 755. The molecule has 31 heavy (non-hydrogen) atoms. The third-order valence-electron chi connectivity index (χ3n) is 5.16. The van der Waals surface area contributed by atoms with E-state index in [1.807, 2.05) is 30.3 Å². The van der Waals surface area contributed by atoms with Gasteiger partial charge in [0, 0.05) is 26.6 Å². The Kier molecular flexibility index (Phi) is 9.80. The number of ether oxygens (including phenoxy) is 1. The molecule has 3 N–H and O–H groups in total. The van der Waals surface area contributed by atoms with Crippen LogP contribution in [0, 0.1) is 5.92 Å². The Hall–Kier alpha value is -3.10. The molecule has 0 spiro atoms. The molecule has 0 bridgehead atoms. The molecule has 1 saturated heterocycles. The van der Waals surface area contributed by atoms with Gasteiger partial charge < -0.3 is 25.4 Å². The second kappa shape index (κ2) is 12.6. The van der Waals surface area contributed by atoms with Gasteiger partial charge in [0.05, 0.1) is 5.92 Å². The molecule has 9 heteroatoms. The lowest BCUT2D eigenvalue weighted by Gasteiger charge is -2.33. The average molecular weight is 434 g/mol. The number of alkyl carbamates (subject to hydrolysis) is 1. The van der Waals surface area contributed by atoms with Gasteiger partial charge in [0.25, 0.3) is 0 Å². The lowest BCUT2D eigenvalue weighted by Crippen LogP contribution is -2.51. The molecule has 3 amide bonds. The highest BCUT2D eigenvalue weighted by atomic mass is 16.5. The number of nitrogens with zero attached hydrogens (tertiary/aromatic N) is 1. The highest BCUT2D eigenvalue weighted by Crippen LogP contribution is 2.18. The van der Waals surface area contributed by atoms with Crippen LogP contribution in [0.2, 0.25) is 0 Å². The zero-order valence-corrected chi connectivity index (χ0v) is 17.8. The van der Waals surface area contributed by atoms with Crippen LogP contribution in [0.4, 0.5) is 4.79 Å². The lowest BCUT2D eigenvalue weighted by atomic mass is 9.97. The van der Waals surface area contributed by atoms with Crippen molar-refractivity contribution in [1.82, 2.24) is 15.5 Å². The Morgan fingerprint density at radius 1 is 1.19 bits per heavy atom. The molecular formula is C22H31N3O6. The standard InChI is InChI=1S/C22H31N3O6/c1-16(26)24-19(20(27)25-13-7-10-18(14-25)21(28)29)11-5-6-12-23-22(30)31-15-17-8-3-2-4-9-17/h2-4,8-9,18-19H,5-7,10-15H2,1H3,(H,23,30)(H,24,26)(H,28,29)/t18?,19-/m1/s1. The average Bonchev–Trinajstić information content (AvgIpc) is 2.76. The Labute approximate surface area is 182 Å². The van der Waals surface area contributed by atoms with Gasteiger partial charge >= 0.3 is 12.1 Å². The summed E-state index contributed by atoms with van der Waals surface area (Å²) in [6, 6.07) is 8.67. The molecule has 0 aliphatic carbocycles. The summed E-state index contributed by atoms with van der Waals surface area (Å²) < 4.78 is 5.14. The first-order valence-electron chi connectivity index (χ1n) is 10.6. The lowest BCUT2D eigenvalue weighted by molar-refractivity contribution is -0.147. The maximum Gasteiger partial charge on any atom is 0.407 e. The highest BCUT2D eigenvalue weighted by Gasteiger charge is 2.31. The predicted octanol–water partition coefficient (Wildman–Crippen LogP) is 1.91. The molecule has 0 aromatic heterocycles. The normalized spacial score (nSPS) is 16.8. The van der Waals surface area contributed by atoms with Crippen LogP contribution in [-0.2, 0) is 25.7 Å². The minimum Gasteiger partial charge on any atom is -0.481 e. The third-order valence-corrected chi connectivity index (χ3v) is 5.16. The number of nitrogens with one attached hydrogen (secondary N) is 2. The molecule has 0 saturated carbocycles. The fourth-order valence-corrected chi connectivity index (χ4v) is 3.54. The maximum atomic E-state index is 12.8. The Morgan fingerprint density at radius 3 is 2.61 bits per heavy atom. The largest absolute Gasteiger partial charge is 0.481 e. The number of amides is 3. The molecule has 1 aliphatic rings. The topological polar surface area (TPSA) is 125 Å². The zero-order chi connectivity index (χ0) is 22.6. The number of aliphatic carboxylic acids is 1. The van der Waals surface area contributed by atoms with Crippen LogP contribution >= 0.6 is 0 Å². The molecule has 0 radical (unpaired) electrons. The zero-order valence-electron chi connectivity index (χ0n) is 17.8. The number of hydrogen-bond donors (Lipinski definition) is 3. The number of piperidine rings is 1. The van der Waals surface area contributed by atoms with Crippen LogP contribution in [0.3, 0.4) is 0 Å². The number of carbonyl (C=O) groups excluding carboxylic acids is 3. The van der Waals surface area contributed by atoms with Crippen molar-refractivity contribution in [1.29, 1.82) is 0 Å². The molecule has 2 atom stereocenters. The van der Waals surface area contributed by atoms with E-state index in [4.69, 9.17) is 4.74 Å². The van der Waals surface area contributed by atoms with E-state index in [0.717, 1.165) is 5.56 Å². The van der Waals surface area contributed by atoms with Gasteiger partial charge in [-0.05, 0) is 37.7 Å². The molecular weight excluding hydrogens is 402 g/mol. The van der Waals surface area contributed by atoms with Crippen molar-refractivity contribution >= 4 is 23.9 Å². The molecule has 2 rings (SSSR count). The Balaban J connectivity index is 1.72. The number of unbranched alkanes of at least 4 members (excludes halogenated alkanes) is 1. The summed E-state index contributed by atoms with van der Waals surface area (Å²) in [5, 5.41) is 14.6. The summed E-state index contributed by atoms with van der Waals surface area (Å²) in [5.74, 6) is -2.04. The molecule has 1 heterocycles. The van der Waals surface area contributed by atoms with Gasteiger partial charge in [0.1, 0.15) is 12.6 Å². The number of rotatable bonds is 10. The number of benzene rings is 1. The van der Waals surface area contributed by atoms with E-state index in [2.05, 4.69) is 10.6 Å². The number of carboxylic acid groups (broad SMARTS) is 1. The molecule has 1 aromatic rings.